The fourth-order valence-corrected chi connectivity index (χ4v) is 6.41. The summed E-state index contributed by atoms with van der Waals surface area (Å²) in [7, 11) is -2.12. The number of nitrogens with zero attached hydrogens (tertiary/aromatic N) is 2. The van der Waals surface area contributed by atoms with Crippen LogP contribution in [0, 0.1) is 11.7 Å². The maximum absolute atomic E-state index is 13.6. The third-order valence-electron chi connectivity index (χ3n) is 6.42. The molecule has 1 heterocycles. The summed E-state index contributed by atoms with van der Waals surface area (Å²) in [6.45, 7) is 2.07. The number of imide groups is 1. The molecule has 3 atom stereocenters. The standard InChI is InChI=1S/C20H26FN3O4S/c1-20(8-9-20)22-29(27,28)15-6-7-17-16(11-15)18(25)23(2)19(26)24(17)12-13-4-3-5-14(21)10-13/h3-5,10,15-17,22H,6-9,11-12H2,1-2H3. The molecule has 0 aromatic heterocycles. The summed E-state index contributed by atoms with van der Waals surface area (Å²) in [5, 5.41) is -0.650. The molecule has 29 heavy (non-hydrogen) atoms. The molecule has 1 saturated heterocycles. The summed E-state index contributed by atoms with van der Waals surface area (Å²) < 4.78 is 42.0. The van der Waals surface area contributed by atoms with E-state index in [1.54, 1.807) is 17.0 Å². The Morgan fingerprint density at radius 3 is 2.62 bits per heavy atom. The number of nitrogens with one attached hydrogen (secondary N) is 1. The van der Waals surface area contributed by atoms with Gasteiger partial charge in [-0.2, -0.15) is 0 Å². The molecular weight excluding hydrogens is 397 g/mol. The average Bonchev–Trinajstić information content (AvgIpc) is 3.39. The van der Waals surface area contributed by atoms with Crippen molar-refractivity contribution in [1.29, 1.82) is 0 Å². The van der Waals surface area contributed by atoms with Gasteiger partial charge in [-0.05, 0) is 56.7 Å². The van der Waals surface area contributed by atoms with Crippen molar-refractivity contribution in [3.8, 4) is 0 Å². The molecule has 0 radical (unpaired) electrons. The molecule has 0 bridgehead atoms. The van der Waals surface area contributed by atoms with Crippen molar-refractivity contribution < 1.29 is 22.4 Å². The second-order valence-corrected chi connectivity index (χ2v) is 10.7. The molecule has 158 valence electrons. The summed E-state index contributed by atoms with van der Waals surface area (Å²) in [5.41, 5.74) is 0.278. The minimum atomic E-state index is -3.54. The molecule has 3 fully saturated rings. The Bertz CT molecular complexity index is 947. The molecule has 3 aliphatic rings. The molecule has 3 unspecified atom stereocenters. The van der Waals surface area contributed by atoms with E-state index in [1.165, 1.54) is 19.2 Å². The number of benzene rings is 1. The Kier molecular flexibility index (Phi) is 4.93. The second kappa shape index (κ2) is 7.05. The molecule has 2 aliphatic carbocycles. The summed E-state index contributed by atoms with van der Waals surface area (Å²) in [5.74, 6) is -1.30. The number of fused-ring (bicyclic) bond motifs is 1. The van der Waals surface area contributed by atoms with Gasteiger partial charge in [-0.3, -0.25) is 9.69 Å². The van der Waals surface area contributed by atoms with E-state index in [4.69, 9.17) is 0 Å². The van der Waals surface area contributed by atoms with Crippen molar-refractivity contribution in [3.05, 3.63) is 35.6 Å². The number of carbonyl (C=O) groups excluding carboxylic acids is 2. The Morgan fingerprint density at radius 1 is 1.24 bits per heavy atom. The predicted octanol–water partition coefficient (Wildman–Crippen LogP) is 2.23. The zero-order chi connectivity index (χ0) is 21.0. The Hall–Kier alpha value is -2.00. The zero-order valence-corrected chi connectivity index (χ0v) is 17.4. The van der Waals surface area contributed by atoms with Crippen LogP contribution in [-0.4, -0.2) is 54.0 Å². The maximum atomic E-state index is 13.6. The van der Waals surface area contributed by atoms with Gasteiger partial charge >= 0.3 is 6.03 Å². The maximum Gasteiger partial charge on any atom is 0.327 e. The fraction of sp³-hybridized carbons (Fsp3) is 0.600. The van der Waals surface area contributed by atoms with E-state index in [9.17, 15) is 22.4 Å². The van der Waals surface area contributed by atoms with Gasteiger partial charge < -0.3 is 4.90 Å². The normalized spacial score (nSPS) is 29.0. The smallest absolute Gasteiger partial charge is 0.316 e. The first-order chi connectivity index (χ1) is 13.6. The van der Waals surface area contributed by atoms with Crippen LogP contribution in [-0.2, 0) is 21.4 Å². The van der Waals surface area contributed by atoms with Gasteiger partial charge in [0.1, 0.15) is 5.82 Å². The highest BCUT2D eigenvalue weighted by Gasteiger charge is 2.51. The van der Waals surface area contributed by atoms with Crippen LogP contribution >= 0.6 is 0 Å². The first-order valence-electron chi connectivity index (χ1n) is 9.95. The lowest BCUT2D eigenvalue weighted by Crippen LogP contribution is -2.62. The van der Waals surface area contributed by atoms with Crippen molar-refractivity contribution in [2.24, 2.45) is 5.92 Å². The van der Waals surface area contributed by atoms with E-state index in [0.29, 0.717) is 18.4 Å². The summed E-state index contributed by atoms with van der Waals surface area (Å²) in [6.07, 6.45) is 2.64. The predicted molar refractivity (Wildman–Crippen MR) is 105 cm³/mol. The quantitative estimate of drug-likeness (QED) is 0.787. The van der Waals surface area contributed by atoms with E-state index in [1.807, 2.05) is 6.92 Å². The highest BCUT2D eigenvalue weighted by atomic mass is 32.2. The number of sulfonamides is 1. The van der Waals surface area contributed by atoms with Crippen LogP contribution in [0.2, 0.25) is 0 Å². The monoisotopic (exact) mass is 423 g/mol. The van der Waals surface area contributed by atoms with Crippen LogP contribution in [0.15, 0.2) is 24.3 Å². The Labute approximate surface area is 170 Å². The van der Waals surface area contributed by atoms with E-state index in [0.717, 1.165) is 17.7 Å². The van der Waals surface area contributed by atoms with Gasteiger partial charge in [0.15, 0.2) is 0 Å². The molecule has 7 nitrogen and oxygen atoms in total. The van der Waals surface area contributed by atoms with Gasteiger partial charge in [0.25, 0.3) is 0 Å². The number of urea groups is 1. The number of halogens is 1. The van der Waals surface area contributed by atoms with Gasteiger partial charge in [0.2, 0.25) is 15.9 Å². The number of hydrogen-bond acceptors (Lipinski definition) is 4. The number of rotatable bonds is 5. The Morgan fingerprint density at radius 2 is 1.97 bits per heavy atom. The first-order valence-corrected chi connectivity index (χ1v) is 11.5. The van der Waals surface area contributed by atoms with E-state index in [2.05, 4.69) is 4.72 Å². The Balaban J connectivity index is 1.55. The fourth-order valence-electron chi connectivity index (χ4n) is 4.45. The van der Waals surface area contributed by atoms with Crippen LogP contribution < -0.4 is 4.72 Å². The van der Waals surface area contributed by atoms with Gasteiger partial charge in [-0.25, -0.2) is 22.3 Å². The lowest BCUT2D eigenvalue weighted by molar-refractivity contribution is -0.139. The molecule has 1 aromatic rings. The average molecular weight is 424 g/mol. The minimum absolute atomic E-state index is 0.184. The molecule has 1 aliphatic heterocycles. The molecule has 9 heteroatoms. The zero-order valence-electron chi connectivity index (χ0n) is 16.6. The number of carbonyl (C=O) groups is 2. The van der Waals surface area contributed by atoms with Gasteiger partial charge in [-0.15, -0.1) is 0 Å². The summed E-state index contributed by atoms with van der Waals surface area (Å²) in [6, 6.07) is 5.22. The molecule has 4 rings (SSSR count). The summed E-state index contributed by atoms with van der Waals surface area (Å²) in [4.78, 5) is 28.2. The van der Waals surface area contributed by atoms with E-state index in [-0.39, 0.29) is 36.3 Å². The lowest BCUT2D eigenvalue weighted by Gasteiger charge is -2.47. The molecule has 3 amide bonds. The van der Waals surface area contributed by atoms with Crippen LogP contribution in [0.3, 0.4) is 0 Å². The third kappa shape index (κ3) is 3.90. The molecule has 2 saturated carbocycles. The second-order valence-electron chi connectivity index (χ2n) is 8.75. The lowest BCUT2D eigenvalue weighted by atomic mass is 9.80. The van der Waals surface area contributed by atoms with Gasteiger partial charge in [-0.1, -0.05) is 12.1 Å². The van der Waals surface area contributed by atoms with Crippen molar-refractivity contribution in [2.45, 2.75) is 62.4 Å². The summed E-state index contributed by atoms with van der Waals surface area (Å²) >= 11 is 0. The van der Waals surface area contributed by atoms with Gasteiger partial charge in [0, 0.05) is 25.2 Å². The van der Waals surface area contributed by atoms with Crippen molar-refractivity contribution in [2.75, 3.05) is 7.05 Å². The molecule has 1 aromatic carbocycles. The van der Waals surface area contributed by atoms with Crippen LogP contribution in [0.1, 0.15) is 44.6 Å². The molecule has 1 N–H and O–H groups in total. The van der Waals surface area contributed by atoms with Crippen molar-refractivity contribution in [1.82, 2.24) is 14.5 Å². The van der Waals surface area contributed by atoms with Crippen molar-refractivity contribution >= 4 is 22.0 Å². The van der Waals surface area contributed by atoms with E-state index < -0.39 is 27.2 Å². The first kappa shape index (κ1) is 20.3. The highest BCUT2D eigenvalue weighted by molar-refractivity contribution is 7.90. The largest absolute Gasteiger partial charge is 0.327 e. The van der Waals surface area contributed by atoms with Crippen LogP contribution in [0.4, 0.5) is 9.18 Å². The van der Waals surface area contributed by atoms with Crippen LogP contribution in [0.5, 0.6) is 0 Å². The topological polar surface area (TPSA) is 86.8 Å². The molecule has 0 spiro atoms. The number of hydrogen-bond donors (Lipinski definition) is 1. The van der Waals surface area contributed by atoms with Crippen molar-refractivity contribution in [3.63, 3.8) is 0 Å². The minimum Gasteiger partial charge on any atom is -0.316 e. The SMILES string of the molecule is CN1C(=O)C2CC(S(=O)(=O)NC3(C)CC3)CCC2N(Cc2cccc(F)c2)C1=O. The van der Waals surface area contributed by atoms with Crippen LogP contribution in [0.25, 0.3) is 0 Å². The highest BCUT2D eigenvalue weighted by Crippen LogP contribution is 2.40. The number of amides is 3. The van der Waals surface area contributed by atoms with E-state index >= 15 is 0 Å². The van der Waals surface area contributed by atoms with Gasteiger partial charge in [0.05, 0.1) is 11.2 Å². The molecular formula is C20H26FN3O4S. The third-order valence-corrected chi connectivity index (χ3v) is 8.50.